The third-order valence-electron chi connectivity index (χ3n) is 2.36. The predicted octanol–water partition coefficient (Wildman–Crippen LogP) is 3.80. The topological polar surface area (TPSA) is 66.4 Å². The standard InChI is InChI=1S/C7H3F13O3S.C2H7N/c8-2(9,1-3(10,11)12)4(13,14)5(15,16)6(17,18)7(19,20)24(21,22)23;1-3-2/h1H2,(H,21,22,23);3H,1-2H3. The van der Waals surface area contributed by atoms with Crippen molar-refractivity contribution >= 4 is 10.1 Å². The first-order valence-electron chi connectivity index (χ1n) is 5.88. The van der Waals surface area contributed by atoms with Crippen LogP contribution in [0.25, 0.3) is 0 Å². The summed E-state index contributed by atoms with van der Waals surface area (Å²) in [6, 6.07) is 0. The summed E-state index contributed by atoms with van der Waals surface area (Å²) in [4.78, 5) is 0. The van der Waals surface area contributed by atoms with Crippen molar-refractivity contribution in [3.05, 3.63) is 0 Å². The van der Waals surface area contributed by atoms with Crippen molar-refractivity contribution in [3.8, 4) is 0 Å². The molecule has 0 aromatic rings. The highest BCUT2D eigenvalue weighted by Crippen LogP contribution is 2.59. The smallest absolute Gasteiger partial charge is 0.323 e. The van der Waals surface area contributed by atoms with Crippen LogP contribution >= 0.6 is 0 Å². The molecular weight excluding hydrogens is 449 g/mol. The molecule has 0 unspecified atom stereocenters. The van der Waals surface area contributed by atoms with Crippen molar-refractivity contribution in [3.63, 3.8) is 0 Å². The lowest BCUT2D eigenvalue weighted by molar-refractivity contribution is -0.397. The maximum Gasteiger partial charge on any atom is 0.438 e. The molecule has 4 nitrogen and oxygen atoms in total. The van der Waals surface area contributed by atoms with Crippen LogP contribution in [0.4, 0.5) is 57.1 Å². The summed E-state index contributed by atoms with van der Waals surface area (Å²) in [5, 5.41) is -4.68. The predicted molar refractivity (Wildman–Crippen MR) is 61.9 cm³/mol. The molecule has 0 aliphatic carbocycles. The molecule has 166 valence electrons. The molecule has 18 heteroatoms. The van der Waals surface area contributed by atoms with Gasteiger partial charge in [-0.25, -0.2) is 0 Å². The van der Waals surface area contributed by atoms with Gasteiger partial charge in [0, 0.05) is 0 Å². The lowest BCUT2D eigenvalue weighted by Gasteiger charge is -2.38. The maximum absolute atomic E-state index is 12.9. The summed E-state index contributed by atoms with van der Waals surface area (Å²) in [6.45, 7) is 0. The minimum Gasteiger partial charge on any atom is -0.323 e. The zero-order valence-corrected chi connectivity index (χ0v) is 13.6. The Hall–Kier alpha value is -1.04. The Labute approximate surface area is 142 Å². The molecule has 0 fully saturated rings. The Kier molecular flexibility index (Phi) is 8.10. The number of hydrogen-bond donors (Lipinski definition) is 2. The van der Waals surface area contributed by atoms with Crippen LogP contribution in [0.3, 0.4) is 0 Å². The van der Waals surface area contributed by atoms with Gasteiger partial charge in [-0.05, 0) is 14.1 Å². The van der Waals surface area contributed by atoms with Gasteiger partial charge >= 0.3 is 45.2 Å². The van der Waals surface area contributed by atoms with Crippen molar-refractivity contribution < 1.29 is 70.0 Å². The van der Waals surface area contributed by atoms with Gasteiger partial charge < -0.3 is 5.32 Å². The van der Waals surface area contributed by atoms with Crippen LogP contribution in [0.5, 0.6) is 0 Å². The first-order valence-corrected chi connectivity index (χ1v) is 7.32. The molecule has 0 saturated heterocycles. The van der Waals surface area contributed by atoms with Crippen LogP contribution in [0.15, 0.2) is 0 Å². The first kappa shape index (κ1) is 28.2. The highest BCUT2D eigenvalue weighted by Gasteiger charge is 2.89. The Morgan fingerprint density at radius 2 is 1.00 bits per heavy atom. The molecule has 0 atom stereocenters. The number of halogens is 13. The van der Waals surface area contributed by atoms with Crippen molar-refractivity contribution in [2.75, 3.05) is 14.1 Å². The molecule has 0 bridgehead atoms. The first-order chi connectivity index (χ1) is 11.4. The number of rotatable bonds is 6. The average molecular weight is 459 g/mol. The quantitative estimate of drug-likeness (QED) is 0.469. The molecule has 0 rings (SSSR count). The number of alkyl halides is 13. The summed E-state index contributed by atoms with van der Waals surface area (Å²) in [7, 11) is -3.80. The summed E-state index contributed by atoms with van der Waals surface area (Å²) in [5.41, 5.74) is 0. The molecule has 2 N–H and O–H groups in total. The third kappa shape index (κ3) is 5.27. The van der Waals surface area contributed by atoms with Crippen LogP contribution in [0.2, 0.25) is 0 Å². The second kappa shape index (κ2) is 7.76. The van der Waals surface area contributed by atoms with E-state index in [4.69, 9.17) is 4.55 Å². The molecular formula is C9H10F13NO3S. The van der Waals surface area contributed by atoms with E-state index in [0.29, 0.717) is 0 Å². The summed E-state index contributed by atoms with van der Waals surface area (Å²) >= 11 is 0. The molecule has 0 radical (unpaired) electrons. The second-order valence-corrected chi connectivity index (χ2v) is 6.17. The largest absolute Gasteiger partial charge is 0.438 e. The van der Waals surface area contributed by atoms with Gasteiger partial charge in [0.2, 0.25) is 0 Å². The monoisotopic (exact) mass is 459 g/mol. The normalized spacial score (nSPS) is 15.3. The molecule has 0 aliphatic heterocycles. The molecule has 0 amide bonds. The van der Waals surface area contributed by atoms with Crippen LogP contribution in [-0.4, -0.2) is 62.2 Å². The molecule has 0 aromatic heterocycles. The number of nitrogens with one attached hydrogen (secondary N) is 1. The minimum absolute atomic E-state index is 1.88. The van der Waals surface area contributed by atoms with Gasteiger partial charge in [0.25, 0.3) is 0 Å². The summed E-state index contributed by atoms with van der Waals surface area (Å²) < 4.78 is 190. The fraction of sp³-hybridized carbons (Fsp3) is 1.00. The second-order valence-electron chi connectivity index (χ2n) is 4.71. The summed E-state index contributed by atoms with van der Waals surface area (Å²) in [5.74, 6) is -30.7. The van der Waals surface area contributed by atoms with Crippen LogP contribution < -0.4 is 5.32 Å². The Bertz CT molecular complexity index is 599. The van der Waals surface area contributed by atoms with Crippen molar-refractivity contribution in [2.24, 2.45) is 0 Å². The van der Waals surface area contributed by atoms with Gasteiger partial charge in [-0.2, -0.15) is 65.5 Å². The SMILES string of the molecule is CNC.O=S(=O)(O)C(F)(F)C(F)(F)C(F)(F)C(F)(F)C(F)(F)CC(F)(F)F. The Morgan fingerprint density at radius 3 is 1.22 bits per heavy atom. The van der Waals surface area contributed by atoms with Crippen LogP contribution in [-0.2, 0) is 10.1 Å². The fourth-order valence-corrected chi connectivity index (χ4v) is 1.59. The Balaban J connectivity index is 0. The Morgan fingerprint density at radius 1 is 0.704 bits per heavy atom. The van der Waals surface area contributed by atoms with Gasteiger partial charge in [0.1, 0.15) is 6.42 Å². The molecule has 0 spiro atoms. The van der Waals surface area contributed by atoms with E-state index in [0.717, 1.165) is 0 Å². The molecule has 0 saturated carbocycles. The van der Waals surface area contributed by atoms with Gasteiger partial charge in [-0.3, -0.25) is 4.55 Å². The fourth-order valence-electron chi connectivity index (χ4n) is 1.13. The lowest BCUT2D eigenvalue weighted by atomic mass is 9.96. The third-order valence-corrected chi connectivity index (χ3v) is 3.26. The molecule has 0 heterocycles. The zero-order chi connectivity index (χ0) is 22.9. The van der Waals surface area contributed by atoms with E-state index in [-0.39, 0.29) is 0 Å². The van der Waals surface area contributed by atoms with Gasteiger partial charge in [0.05, 0.1) is 0 Å². The van der Waals surface area contributed by atoms with Crippen LogP contribution in [0.1, 0.15) is 6.42 Å². The highest BCUT2D eigenvalue weighted by molar-refractivity contribution is 7.87. The molecule has 0 aromatic carbocycles. The van der Waals surface area contributed by atoms with Crippen molar-refractivity contribution in [1.29, 1.82) is 0 Å². The van der Waals surface area contributed by atoms with E-state index >= 15 is 0 Å². The van der Waals surface area contributed by atoms with E-state index in [1.54, 1.807) is 0 Å². The minimum atomic E-state index is -8.02. The highest BCUT2D eigenvalue weighted by atomic mass is 32.2. The van der Waals surface area contributed by atoms with Gasteiger partial charge in [-0.1, -0.05) is 0 Å². The molecule has 27 heavy (non-hydrogen) atoms. The van der Waals surface area contributed by atoms with Crippen molar-refractivity contribution in [1.82, 2.24) is 5.32 Å². The van der Waals surface area contributed by atoms with E-state index in [1.165, 1.54) is 0 Å². The van der Waals surface area contributed by atoms with E-state index in [9.17, 15) is 65.5 Å². The van der Waals surface area contributed by atoms with Crippen molar-refractivity contribution in [2.45, 2.75) is 41.5 Å². The molecule has 0 aliphatic rings. The lowest BCUT2D eigenvalue weighted by Crippen LogP contribution is -2.69. The van der Waals surface area contributed by atoms with E-state index in [2.05, 4.69) is 5.32 Å². The van der Waals surface area contributed by atoms with E-state index < -0.39 is 51.7 Å². The maximum atomic E-state index is 12.9. The van der Waals surface area contributed by atoms with Crippen LogP contribution in [0, 0.1) is 0 Å². The van der Waals surface area contributed by atoms with Gasteiger partial charge in [-0.15, -0.1) is 0 Å². The number of hydrogen-bond acceptors (Lipinski definition) is 3. The summed E-state index contributed by atoms with van der Waals surface area (Å²) in [6.07, 6.45) is -10.4. The zero-order valence-electron chi connectivity index (χ0n) is 12.8. The average Bonchev–Trinajstić information content (AvgIpc) is 2.34. The van der Waals surface area contributed by atoms with Gasteiger partial charge in [0.15, 0.2) is 0 Å². The van der Waals surface area contributed by atoms with E-state index in [1.807, 2.05) is 14.1 Å².